The highest BCUT2D eigenvalue weighted by molar-refractivity contribution is 14.0. The number of rotatable bonds is 3. The molecule has 0 radical (unpaired) electrons. The second-order valence-corrected chi connectivity index (χ2v) is 6.88. The van der Waals surface area contributed by atoms with Crippen molar-refractivity contribution in [1.29, 1.82) is 0 Å². The van der Waals surface area contributed by atoms with Gasteiger partial charge in [0.2, 0.25) is 0 Å². The summed E-state index contributed by atoms with van der Waals surface area (Å²) in [6.07, 6.45) is 3.36. The summed E-state index contributed by atoms with van der Waals surface area (Å²) in [7, 11) is 1.81. The molecule has 2 N–H and O–H groups in total. The molecule has 0 spiro atoms. The summed E-state index contributed by atoms with van der Waals surface area (Å²) in [5, 5.41) is 6.96. The fourth-order valence-electron chi connectivity index (χ4n) is 3.83. The summed E-state index contributed by atoms with van der Waals surface area (Å²) < 4.78 is 5.85. The molecule has 1 aromatic heterocycles. The molecule has 23 heavy (non-hydrogen) atoms. The van der Waals surface area contributed by atoms with Crippen molar-refractivity contribution in [2.75, 3.05) is 13.7 Å². The molecule has 2 heterocycles. The first-order chi connectivity index (χ1) is 10.5. The van der Waals surface area contributed by atoms with Gasteiger partial charge in [-0.3, -0.25) is 9.98 Å². The van der Waals surface area contributed by atoms with Crippen molar-refractivity contribution in [3.05, 3.63) is 29.6 Å². The minimum atomic E-state index is 0. The van der Waals surface area contributed by atoms with Crippen LogP contribution >= 0.6 is 24.0 Å². The van der Waals surface area contributed by atoms with Crippen LogP contribution in [0.5, 0.6) is 0 Å². The van der Waals surface area contributed by atoms with Gasteiger partial charge in [-0.05, 0) is 25.0 Å². The van der Waals surface area contributed by atoms with Crippen molar-refractivity contribution in [3.63, 3.8) is 0 Å². The molecule has 1 saturated carbocycles. The molecule has 0 aromatic carbocycles. The van der Waals surface area contributed by atoms with Crippen molar-refractivity contribution >= 4 is 29.9 Å². The Morgan fingerprint density at radius 1 is 1.48 bits per heavy atom. The molecule has 1 aromatic rings. The molecule has 128 valence electrons. The summed E-state index contributed by atoms with van der Waals surface area (Å²) in [6.45, 7) is 8.19. The van der Waals surface area contributed by atoms with Crippen LogP contribution in [0.3, 0.4) is 0 Å². The predicted octanol–water partition coefficient (Wildman–Crippen LogP) is 2.49. The maximum Gasteiger partial charge on any atom is 0.191 e. The van der Waals surface area contributed by atoms with Gasteiger partial charge in [-0.2, -0.15) is 0 Å². The normalized spacial score (nSPS) is 28.3. The van der Waals surface area contributed by atoms with E-state index in [2.05, 4.69) is 47.4 Å². The quantitative estimate of drug-likeness (QED) is 0.440. The van der Waals surface area contributed by atoms with Crippen molar-refractivity contribution < 1.29 is 4.74 Å². The Kier molecular flexibility index (Phi) is 5.89. The molecule has 5 nitrogen and oxygen atoms in total. The molecule has 0 amide bonds. The zero-order valence-electron chi connectivity index (χ0n) is 14.3. The molecular formula is C17H27IN4O. The van der Waals surface area contributed by atoms with E-state index in [0.717, 1.165) is 24.7 Å². The Morgan fingerprint density at radius 2 is 2.26 bits per heavy atom. The zero-order valence-corrected chi connectivity index (χ0v) is 16.6. The third-order valence-electron chi connectivity index (χ3n) is 5.16. The van der Waals surface area contributed by atoms with Gasteiger partial charge in [-0.1, -0.05) is 19.9 Å². The Morgan fingerprint density at radius 3 is 2.96 bits per heavy atom. The van der Waals surface area contributed by atoms with E-state index in [0.29, 0.717) is 24.6 Å². The van der Waals surface area contributed by atoms with Crippen molar-refractivity contribution in [3.8, 4) is 0 Å². The van der Waals surface area contributed by atoms with E-state index in [9.17, 15) is 0 Å². The molecule has 1 aliphatic carbocycles. The van der Waals surface area contributed by atoms with Crippen molar-refractivity contribution in [2.24, 2.45) is 16.3 Å². The number of guanidine groups is 1. The lowest BCUT2D eigenvalue weighted by Gasteiger charge is -2.54. The van der Waals surface area contributed by atoms with Crippen LogP contribution in [0.2, 0.25) is 0 Å². The molecule has 3 rings (SSSR count). The number of ether oxygens (including phenoxy) is 1. The summed E-state index contributed by atoms with van der Waals surface area (Å²) in [4.78, 5) is 8.77. The minimum absolute atomic E-state index is 0. The average molecular weight is 430 g/mol. The smallest absolute Gasteiger partial charge is 0.191 e. The largest absolute Gasteiger partial charge is 0.377 e. The van der Waals surface area contributed by atoms with E-state index in [-0.39, 0.29) is 29.4 Å². The maximum absolute atomic E-state index is 5.85. The number of aromatic nitrogens is 1. The summed E-state index contributed by atoms with van der Waals surface area (Å²) in [5.74, 6) is 1.44. The highest BCUT2D eigenvalue weighted by atomic mass is 127. The van der Waals surface area contributed by atoms with Crippen LogP contribution in [-0.4, -0.2) is 36.7 Å². The second kappa shape index (κ2) is 7.34. The monoisotopic (exact) mass is 430 g/mol. The van der Waals surface area contributed by atoms with Gasteiger partial charge >= 0.3 is 0 Å². The van der Waals surface area contributed by atoms with E-state index in [1.54, 1.807) is 0 Å². The maximum atomic E-state index is 5.85. The van der Waals surface area contributed by atoms with E-state index in [1.165, 1.54) is 5.56 Å². The van der Waals surface area contributed by atoms with E-state index in [4.69, 9.17) is 4.74 Å². The number of nitrogens with one attached hydrogen (secondary N) is 2. The lowest BCUT2D eigenvalue weighted by Crippen LogP contribution is -2.67. The first kappa shape index (κ1) is 18.4. The van der Waals surface area contributed by atoms with Gasteiger partial charge in [0.15, 0.2) is 5.96 Å². The Bertz CT molecular complexity index is 575. The van der Waals surface area contributed by atoms with Crippen LogP contribution in [0.1, 0.15) is 31.5 Å². The average Bonchev–Trinajstić information content (AvgIpc) is 2.96. The van der Waals surface area contributed by atoms with Crippen LogP contribution < -0.4 is 10.6 Å². The van der Waals surface area contributed by atoms with Crippen LogP contribution in [-0.2, 0) is 11.3 Å². The number of pyridine rings is 1. The fourth-order valence-corrected chi connectivity index (χ4v) is 3.83. The van der Waals surface area contributed by atoms with Gasteiger partial charge in [-0.15, -0.1) is 24.0 Å². The Hall–Kier alpha value is -0.890. The standard InChI is InChI=1S/C17H26N4O.HI/c1-11-6-5-8-19-13(11)10-20-16(18-4)21-14-12-7-9-22-15(12)17(14,2)3;/h5-6,8,12,14-15H,7,9-10H2,1-4H3,(H2,18,20,21);1H. The Labute approximate surface area is 155 Å². The van der Waals surface area contributed by atoms with Crippen LogP contribution in [0, 0.1) is 18.3 Å². The molecule has 3 atom stereocenters. The second-order valence-electron chi connectivity index (χ2n) is 6.88. The molecule has 1 aliphatic heterocycles. The number of fused-ring (bicyclic) bond motifs is 1. The van der Waals surface area contributed by atoms with Crippen molar-refractivity contribution in [1.82, 2.24) is 15.6 Å². The number of aliphatic imine (C=N–C) groups is 1. The molecular weight excluding hydrogens is 403 g/mol. The molecule has 2 aliphatic rings. The van der Waals surface area contributed by atoms with E-state index < -0.39 is 0 Å². The van der Waals surface area contributed by atoms with Gasteiger partial charge in [0.1, 0.15) is 0 Å². The SMILES string of the molecule is CN=C(NCc1ncccc1C)NC1C2CCOC2C1(C)C.I. The Balaban J connectivity index is 0.00000192. The van der Waals surface area contributed by atoms with E-state index >= 15 is 0 Å². The highest BCUT2D eigenvalue weighted by Crippen LogP contribution is 2.52. The van der Waals surface area contributed by atoms with Gasteiger partial charge in [0.25, 0.3) is 0 Å². The van der Waals surface area contributed by atoms with Gasteiger partial charge < -0.3 is 15.4 Å². The lowest BCUT2D eigenvalue weighted by atomic mass is 9.57. The third-order valence-corrected chi connectivity index (χ3v) is 5.16. The number of hydrogen-bond donors (Lipinski definition) is 2. The minimum Gasteiger partial charge on any atom is -0.377 e. The van der Waals surface area contributed by atoms with Crippen LogP contribution in [0.15, 0.2) is 23.3 Å². The number of halogens is 1. The van der Waals surface area contributed by atoms with Crippen LogP contribution in [0.4, 0.5) is 0 Å². The summed E-state index contributed by atoms with van der Waals surface area (Å²) >= 11 is 0. The lowest BCUT2D eigenvalue weighted by molar-refractivity contribution is -0.106. The van der Waals surface area contributed by atoms with Gasteiger partial charge in [0.05, 0.1) is 18.3 Å². The predicted molar refractivity (Wildman–Crippen MR) is 103 cm³/mol. The van der Waals surface area contributed by atoms with Crippen molar-refractivity contribution in [2.45, 2.75) is 45.9 Å². The first-order valence-corrected chi connectivity index (χ1v) is 8.03. The van der Waals surface area contributed by atoms with Gasteiger partial charge in [0, 0.05) is 37.2 Å². The fraction of sp³-hybridized carbons (Fsp3) is 0.647. The zero-order chi connectivity index (χ0) is 15.7. The molecule has 1 saturated heterocycles. The molecule has 3 unspecified atom stereocenters. The number of hydrogen-bond acceptors (Lipinski definition) is 3. The topological polar surface area (TPSA) is 58.5 Å². The molecule has 0 bridgehead atoms. The highest BCUT2D eigenvalue weighted by Gasteiger charge is 2.59. The number of aryl methyl sites for hydroxylation is 1. The molecule has 6 heteroatoms. The molecule has 2 fully saturated rings. The third kappa shape index (κ3) is 3.47. The van der Waals surface area contributed by atoms with E-state index in [1.807, 2.05) is 19.3 Å². The van der Waals surface area contributed by atoms with Gasteiger partial charge in [-0.25, -0.2) is 0 Å². The summed E-state index contributed by atoms with van der Waals surface area (Å²) in [5.41, 5.74) is 2.40. The number of nitrogens with zero attached hydrogens (tertiary/aromatic N) is 2. The first-order valence-electron chi connectivity index (χ1n) is 8.03. The van der Waals surface area contributed by atoms with Crippen LogP contribution in [0.25, 0.3) is 0 Å². The summed E-state index contributed by atoms with van der Waals surface area (Å²) in [6, 6.07) is 4.45.